The minimum atomic E-state index is -0.764. The molecule has 2 aromatic rings. The maximum atomic E-state index is 12.0. The molecule has 0 aliphatic heterocycles. The Labute approximate surface area is 142 Å². The van der Waals surface area contributed by atoms with Gasteiger partial charge in [0.2, 0.25) is 0 Å². The van der Waals surface area contributed by atoms with Crippen LogP contribution in [0.15, 0.2) is 46.9 Å². The van der Waals surface area contributed by atoms with E-state index in [0.717, 1.165) is 0 Å². The zero-order valence-electron chi connectivity index (χ0n) is 12.0. The molecule has 0 saturated heterocycles. The smallest absolute Gasteiger partial charge is 0.352 e. The third-order valence-electron chi connectivity index (χ3n) is 2.81. The van der Waals surface area contributed by atoms with E-state index in [2.05, 4.69) is 15.9 Å². The van der Waals surface area contributed by atoms with Crippen LogP contribution in [0.2, 0.25) is 5.02 Å². The number of rotatable bonds is 5. The SMILES string of the molecule is COc1ccc(OC(=O)C(C)Oc2ccc(Cl)cc2Br)cc1. The first-order valence-corrected chi connectivity index (χ1v) is 7.64. The molecule has 6 heteroatoms. The van der Waals surface area contributed by atoms with Crippen molar-refractivity contribution in [3.63, 3.8) is 0 Å². The number of carbonyl (C=O) groups excluding carboxylic acids is 1. The van der Waals surface area contributed by atoms with E-state index in [9.17, 15) is 4.79 Å². The van der Waals surface area contributed by atoms with E-state index in [1.54, 1.807) is 56.5 Å². The molecule has 0 aliphatic rings. The standard InChI is InChI=1S/C16H14BrClO4/c1-10(21-15-8-3-11(18)9-14(15)17)16(19)22-13-6-4-12(20-2)5-7-13/h3-10H,1-2H3. The first-order valence-electron chi connectivity index (χ1n) is 6.47. The molecular weight excluding hydrogens is 372 g/mol. The van der Waals surface area contributed by atoms with Gasteiger partial charge < -0.3 is 14.2 Å². The molecule has 2 aromatic carbocycles. The number of methoxy groups -OCH3 is 1. The largest absolute Gasteiger partial charge is 0.497 e. The van der Waals surface area contributed by atoms with Crippen molar-refractivity contribution in [2.75, 3.05) is 7.11 Å². The van der Waals surface area contributed by atoms with Gasteiger partial charge in [-0.3, -0.25) is 0 Å². The van der Waals surface area contributed by atoms with Gasteiger partial charge in [-0.25, -0.2) is 4.79 Å². The molecule has 116 valence electrons. The van der Waals surface area contributed by atoms with Gasteiger partial charge in [-0.15, -0.1) is 0 Å². The van der Waals surface area contributed by atoms with E-state index in [1.165, 1.54) is 0 Å². The lowest BCUT2D eigenvalue weighted by molar-refractivity contribution is -0.141. The molecule has 0 heterocycles. The lowest BCUT2D eigenvalue weighted by Gasteiger charge is -2.15. The summed E-state index contributed by atoms with van der Waals surface area (Å²) in [4.78, 5) is 12.0. The van der Waals surface area contributed by atoms with Crippen LogP contribution < -0.4 is 14.2 Å². The summed E-state index contributed by atoms with van der Waals surface area (Å²) in [5, 5.41) is 0.577. The number of carbonyl (C=O) groups is 1. The van der Waals surface area contributed by atoms with Gasteiger partial charge >= 0.3 is 5.97 Å². The van der Waals surface area contributed by atoms with Crippen molar-refractivity contribution in [2.45, 2.75) is 13.0 Å². The van der Waals surface area contributed by atoms with E-state index in [0.29, 0.717) is 26.7 Å². The summed E-state index contributed by atoms with van der Waals surface area (Å²) >= 11 is 9.19. The summed E-state index contributed by atoms with van der Waals surface area (Å²) in [6.07, 6.45) is -0.764. The van der Waals surface area contributed by atoms with Gasteiger partial charge in [0.05, 0.1) is 11.6 Å². The molecule has 0 saturated carbocycles. The van der Waals surface area contributed by atoms with Crippen molar-refractivity contribution in [1.82, 2.24) is 0 Å². The number of halogens is 2. The molecule has 0 fully saturated rings. The first-order chi connectivity index (χ1) is 10.5. The monoisotopic (exact) mass is 384 g/mol. The van der Waals surface area contributed by atoms with Gasteiger partial charge in [-0.1, -0.05) is 11.6 Å². The highest BCUT2D eigenvalue weighted by Gasteiger charge is 2.18. The molecule has 0 aliphatic carbocycles. The Morgan fingerprint density at radius 2 is 1.77 bits per heavy atom. The van der Waals surface area contributed by atoms with Crippen molar-refractivity contribution in [1.29, 1.82) is 0 Å². The van der Waals surface area contributed by atoms with Crippen LogP contribution in [0, 0.1) is 0 Å². The second-order valence-electron chi connectivity index (χ2n) is 4.43. The molecule has 0 aromatic heterocycles. The average molecular weight is 386 g/mol. The van der Waals surface area contributed by atoms with E-state index < -0.39 is 12.1 Å². The summed E-state index contributed by atoms with van der Waals surface area (Å²) in [6, 6.07) is 11.8. The van der Waals surface area contributed by atoms with Crippen molar-refractivity contribution in [2.24, 2.45) is 0 Å². The highest BCUT2D eigenvalue weighted by molar-refractivity contribution is 9.10. The van der Waals surface area contributed by atoms with E-state index in [-0.39, 0.29) is 0 Å². The maximum Gasteiger partial charge on any atom is 0.352 e. The fourth-order valence-electron chi connectivity index (χ4n) is 1.65. The van der Waals surface area contributed by atoms with Crippen LogP contribution in [-0.2, 0) is 4.79 Å². The van der Waals surface area contributed by atoms with Crippen LogP contribution >= 0.6 is 27.5 Å². The summed E-state index contributed by atoms with van der Waals surface area (Å²) < 4.78 is 16.5. The molecule has 0 spiro atoms. The third-order valence-corrected chi connectivity index (χ3v) is 3.66. The van der Waals surface area contributed by atoms with Gasteiger partial charge in [0, 0.05) is 5.02 Å². The first kappa shape index (κ1) is 16.6. The molecule has 22 heavy (non-hydrogen) atoms. The van der Waals surface area contributed by atoms with Crippen molar-refractivity contribution < 1.29 is 19.0 Å². The molecule has 0 bridgehead atoms. The van der Waals surface area contributed by atoms with E-state index >= 15 is 0 Å². The number of benzene rings is 2. The van der Waals surface area contributed by atoms with Crippen LogP contribution in [0.5, 0.6) is 17.2 Å². The number of ether oxygens (including phenoxy) is 3. The second kappa shape index (κ2) is 7.51. The summed E-state index contributed by atoms with van der Waals surface area (Å²) in [6.45, 7) is 1.62. The van der Waals surface area contributed by atoms with Crippen molar-refractivity contribution in [3.8, 4) is 17.2 Å². The lowest BCUT2D eigenvalue weighted by Crippen LogP contribution is -2.28. The topological polar surface area (TPSA) is 44.8 Å². The molecule has 0 amide bonds. The predicted molar refractivity (Wildman–Crippen MR) is 87.9 cm³/mol. The number of hydrogen-bond donors (Lipinski definition) is 0. The van der Waals surface area contributed by atoms with Crippen LogP contribution in [0.1, 0.15) is 6.92 Å². The summed E-state index contributed by atoms with van der Waals surface area (Å²) in [7, 11) is 1.57. The van der Waals surface area contributed by atoms with Gasteiger partial charge in [0.15, 0.2) is 6.10 Å². The lowest BCUT2D eigenvalue weighted by atomic mass is 10.3. The van der Waals surface area contributed by atoms with Gasteiger partial charge in [-0.05, 0) is 65.3 Å². The molecule has 2 rings (SSSR count). The average Bonchev–Trinajstić information content (AvgIpc) is 2.50. The highest BCUT2D eigenvalue weighted by Crippen LogP contribution is 2.29. The van der Waals surface area contributed by atoms with Crippen LogP contribution in [0.3, 0.4) is 0 Å². The van der Waals surface area contributed by atoms with E-state index in [1.807, 2.05) is 0 Å². The van der Waals surface area contributed by atoms with E-state index in [4.69, 9.17) is 25.8 Å². The molecule has 0 N–H and O–H groups in total. The summed E-state index contributed by atoms with van der Waals surface area (Å²) in [5.74, 6) is 1.14. The van der Waals surface area contributed by atoms with Crippen LogP contribution in [-0.4, -0.2) is 19.2 Å². The predicted octanol–water partition coefficient (Wildman–Crippen LogP) is 4.48. The second-order valence-corrected chi connectivity index (χ2v) is 5.72. The van der Waals surface area contributed by atoms with Gasteiger partial charge in [-0.2, -0.15) is 0 Å². The van der Waals surface area contributed by atoms with Crippen LogP contribution in [0.25, 0.3) is 0 Å². The van der Waals surface area contributed by atoms with Crippen LogP contribution in [0.4, 0.5) is 0 Å². The molecular formula is C16H14BrClO4. The Balaban J connectivity index is 1.99. The summed E-state index contributed by atoms with van der Waals surface area (Å²) in [5.41, 5.74) is 0. The highest BCUT2D eigenvalue weighted by atomic mass is 79.9. The number of esters is 1. The molecule has 0 radical (unpaired) electrons. The van der Waals surface area contributed by atoms with Gasteiger partial charge in [0.1, 0.15) is 17.2 Å². The Kier molecular flexibility index (Phi) is 5.69. The Morgan fingerprint density at radius 3 is 2.36 bits per heavy atom. The fraction of sp³-hybridized carbons (Fsp3) is 0.188. The van der Waals surface area contributed by atoms with Gasteiger partial charge in [0.25, 0.3) is 0 Å². The molecule has 1 atom stereocenters. The Hall–Kier alpha value is -1.72. The third kappa shape index (κ3) is 4.39. The zero-order chi connectivity index (χ0) is 16.1. The Bertz CT molecular complexity index is 658. The Morgan fingerprint density at radius 1 is 1.14 bits per heavy atom. The van der Waals surface area contributed by atoms with Crippen molar-refractivity contribution >= 4 is 33.5 Å². The normalized spacial score (nSPS) is 11.6. The molecule has 4 nitrogen and oxygen atoms in total. The minimum absolute atomic E-state index is 0.427. The minimum Gasteiger partial charge on any atom is -0.497 e. The zero-order valence-corrected chi connectivity index (χ0v) is 14.3. The van der Waals surface area contributed by atoms with Crippen molar-refractivity contribution in [3.05, 3.63) is 52.0 Å². The fourth-order valence-corrected chi connectivity index (χ4v) is 2.43. The quantitative estimate of drug-likeness (QED) is 0.562. The maximum absolute atomic E-state index is 12.0. The molecule has 1 unspecified atom stereocenters. The number of hydrogen-bond acceptors (Lipinski definition) is 4.